The fourth-order valence-corrected chi connectivity index (χ4v) is 8.22. The molecule has 2 aromatic carbocycles. The lowest BCUT2D eigenvalue weighted by molar-refractivity contribution is -0.923. The Balaban J connectivity index is 0.00000588. The number of anilines is 1. The highest BCUT2D eigenvalue weighted by Crippen LogP contribution is 2.40. The molecule has 0 saturated heterocycles. The highest BCUT2D eigenvalue weighted by atomic mass is 127. The number of quaternary nitrogens is 1. The molecule has 2 aromatic rings. The van der Waals surface area contributed by atoms with Crippen molar-refractivity contribution in [3.05, 3.63) is 53.6 Å². The van der Waals surface area contributed by atoms with Crippen molar-refractivity contribution in [2.45, 2.75) is 89.6 Å². The summed E-state index contributed by atoms with van der Waals surface area (Å²) in [6.07, 6.45) is 5.77. The van der Waals surface area contributed by atoms with Gasteiger partial charge in [0.2, 0.25) is 0 Å². The Kier molecular flexibility index (Phi) is 13.9. The number of hydrogen-bond acceptors (Lipinski definition) is 5. The van der Waals surface area contributed by atoms with Gasteiger partial charge in [-0.3, -0.25) is 5.32 Å². The number of ether oxygens (including phenoxy) is 1. The standard InChI is InChI=1S/C33H54N3O3S.HI/c1-8-13-21-33(22-14-9-2)26-40(37,38)31-20-17-28(35(6)7)25-30(31)32(34-33)27-15-18-29(19-16-27)39-24-23-36(10-3,11-4)12-5;/h15-20,25,32,34H,8-14,21-24,26H2,1-7H3;1H/q+1;/p-1. The molecule has 0 aromatic heterocycles. The van der Waals surface area contributed by atoms with Crippen molar-refractivity contribution < 1.29 is 41.6 Å². The van der Waals surface area contributed by atoms with Crippen molar-refractivity contribution in [2.75, 3.05) is 57.5 Å². The van der Waals surface area contributed by atoms with E-state index >= 15 is 0 Å². The van der Waals surface area contributed by atoms with E-state index in [0.29, 0.717) is 11.5 Å². The quantitative estimate of drug-likeness (QED) is 0.228. The Morgan fingerprint density at radius 1 is 0.927 bits per heavy atom. The summed E-state index contributed by atoms with van der Waals surface area (Å²) in [7, 11) is 0.515. The number of halogens is 1. The van der Waals surface area contributed by atoms with E-state index < -0.39 is 15.4 Å². The predicted molar refractivity (Wildman–Crippen MR) is 168 cm³/mol. The monoisotopic (exact) mass is 699 g/mol. The normalized spacial score (nSPS) is 17.7. The molecule has 0 amide bonds. The van der Waals surface area contributed by atoms with Crippen LogP contribution in [-0.2, 0) is 9.84 Å². The number of rotatable bonds is 15. The molecule has 0 radical (unpaired) electrons. The molecule has 1 N–H and O–H groups in total. The smallest absolute Gasteiger partial charge is 0.180 e. The van der Waals surface area contributed by atoms with Gasteiger partial charge in [-0.05, 0) is 75.1 Å². The third-order valence-corrected chi connectivity index (χ3v) is 11.1. The Hall–Kier alpha value is -1.36. The Morgan fingerprint density at radius 3 is 2.02 bits per heavy atom. The van der Waals surface area contributed by atoms with Crippen LogP contribution >= 0.6 is 0 Å². The minimum absolute atomic E-state index is 0. The van der Waals surface area contributed by atoms with Crippen molar-refractivity contribution in [2.24, 2.45) is 0 Å². The predicted octanol–water partition coefficient (Wildman–Crippen LogP) is 3.60. The maximum Gasteiger partial charge on any atom is 0.180 e. The average molecular weight is 700 g/mol. The van der Waals surface area contributed by atoms with Gasteiger partial charge >= 0.3 is 0 Å². The molecule has 1 aliphatic heterocycles. The molecule has 3 rings (SSSR count). The fraction of sp³-hybridized carbons (Fsp3) is 0.636. The van der Waals surface area contributed by atoms with E-state index in [1.165, 1.54) is 0 Å². The van der Waals surface area contributed by atoms with E-state index in [1.807, 2.05) is 43.3 Å². The number of nitrogens with zero attached hydrogens (tertiary/aromatic N) is 2. The van der Waals surface area contributed by atoms with Crippen LogP contribution in [0.3, 0.4) is 0 Å². The van der Waals surface area contributed by atoms with E-state index in [-0.39, 0.29) is 35.8 Å². The number of fused-ring (bicyclic) bond motifs is 1. The number of sulfone groups is 1. The van der Waals surface area contributed by atoms with Gasteiger partial charge in [0, 0.05) is 25.3 Å². The van der Waals surface area contributed by atoms with Crippen molar-refractivity contribution in [3.63, 3.8) is 0 Å². The van der Waals surface area contributed by atoms with Crippen LogP contribution in [0.2, 0.25) is 0 Å². The third kappa shape index (κ3) is 8.83. The molecule has 6 nitrogen and oxygen atoms in total. The second-order valence-electron chi connectivity index (χ2n) is 11.9. The molecule has 0 bridgehead atoms. The SMILES string of the molecule is CCCCC1(CCCC)CS(=O)(=O)c2ccc(N(C)C)cc2C(c2ccc(OCC[N+](CC)(CC)CC)cc2)N1.[I-]. The molecule has 8 heteroatoms. The maximum atomic E-state index is 13.9. The topological polar surface area (TPSA) is 58.6 Å². The van der Waals surface area contributed by atoms with Gasteiger partial charge in [0.1, 0.15) is 18.9 Å². The van der Waals surface area contributed by atoms with Crippen LogP contribution in [-0.4, -0.2) is 71.1 Å². The number of unbranched alkanes of at least 4 members (excludes halogenated alkanes) is 2. The summed E-state index contributed by atoms with van der Waals surface area (Å²) in [6.45, 7) is 16.1. The van der Waals surface area contributed by atoms with Crippen molar-refractivity contribution in [1.29, 1.82) is 0 Å². The van der Waals surface area contributed by atoms with Crippen LogP contribution in [0, 0.1) is 0 Å². The molecule has 0 aliphatic carbocycles. The highest BCUT2D eigenvalue weighted by Gasteiger charge is 2.42. The molecular weight excluding hydrogens is 645 g/mol. The van der Waals surface area contributed by atoms with Crippen LogP contribution in [0.25, 0.3) is 0 Å². The van der Waals surface area contributed by atoms with E-state index in [9.17, 15) is 8.42 Å². The van der Waals surface area contributed by atoms with E-state index in [4.69, 9.17) is 4.74 Å². The van der Waals surface area contributed by atoms with Crippen LogP contribution in [0.15, 0.2) is 47.4 Å². The fourth-order valence-electron chi connectivity index (χ4n) is 6.16. The molecule has 1 unspecified atom stereocenters. The molecule has 0 spiro atoms. The maximum absolute atomic E-state index is 13.9. The Labute approximate surface area is 267 Å². The Bertz CT molecular complexity index is 1160. The number of benzene rings is 2. The molecule has 1 aliphatic rings. The first kappa shape index (κ1) is 35.8. The van der Waals surface area contributed by atoms with Gasteiger partial charge in [0.15, 0.2) is 9.84 Å². The minimum Gasteiger partial charge on any atom is -1.00 e. The highest BCUT2D eigenvalue weighted by molar-refractivity contribution is 7.91. The van der Waals surface area contributed by atoms with Crippen molar-refractivity contribution in [3.8, 4) is 5.75 Å². The summed E-state index contributed by atoms with van der Waals surface area (Å²) in [5.41, 5.74) is 2.44. The summed E-state index contributed by atoms with van der Waals surface area (Å²) in [5.74, 6) is 0.995. The number of hydrogen-bond donors (Lipinski definition) is 1. The van der Waals surface area contributed by atoms with Gasteiger partial charge in [0.05, 0.1) is 36.3 Å². The molecule has 0 saturated carbocycles. The summed E-state index contributed by atoms with van der Waals surface area (Å²) in [6, 6.07) is 13.9. The van der Waals surface area contributed by atoms with Gasteiger partial charge in [0.25, 0.3) is 0 Å². The van der Waals surface area contributed by atoms with Crippen LogP contribution < -0.4 is 38.9 Å². The summed E-state index contributed by atoms with van der Waals surface area (Å²) >= 11 is 0. The zero-order chi connectivity index (χ0) is 29.4. The minimum atomic E-state index is -3.48. The first-order valence-electron chi connectivity index (χ1n) is 15.5. The van der Waals surface area contributed by atoms with E-state index in [1.54, 1.807) is 0 Å². The molecule has 1 atom stereocenters. The van der Waals surface area contributed by atoms with Crippen molar-refractivity contribution in [1.82, 2.24) is 5.32 Å². The largest absolute Gasteiger partial charge is 1.00 e. The van der Waals surface area contributed by atoms with Gasteiger partial charge in [-0.1, -0.05) is 51.7 Å². The van der Waals surface area contributed by atoms with E-state index in [2.05, 4.69) is 58.1 Å². The molecule has 0 fully saturated rings. The van der Waals surface area contributed by atoms with Crippen LogP contribution in [0.1, 0.15) is 90.3 Å². The lowest BCUT2D eigenvalue weighted by Gasteiger charge is -2.37. The second-order valence-corrected chi connectivity index (χ2v) is 13.8. The lowest BCUT2D eigenvalue weighted by Crippen LogP contribution is -3.00. The van der Waals surface area contributed by atoms with E-state index in [0.717, 1.165) is 91.8 Å². The Morgan fingerprint density at radius 2 is 1.51 bits per heavy atom. The molecule has 232 valence electrons. The van der Waals surface area contributed by atoms with Gasteiger partial charge in [-0.25, -0.2) is 8.42 Å². The van der Waals surface area contributed by atoms with Crippen molar-refractivity contribution >= 4 is 15.5 Å². The number of likely N-dealkylation sites (N-methyl/N-ethyl adjacent to an activating group) is 1. The zero-order valence-electron chi connectivity index (χ0n) is 26.5. The summed E-state index contributed by atoms with van der Waals surface area (Å²) in [4.78, 5) is 2.49. The third-order valence-electron chi connectivity index (χ3n) is 9.15. The van der Waals surface area contributed by atoms with Gasteiger partial charge in [-0.2, -0.15) is 0 Å². The summed E-state index contributed by atoms with van der Waals surface area (Å²) in [5, 5.41) is 3.96. The van der Waals surface area contributed by atoms with Crippen LogP contribution in [0.5, 0.6) is 5.75 Å². The van der Waals surface area contributed by atoms with Gasteiger partial charge < -0.3 is 38.1 Å². The zero-order valence-corrected chi connectivity index (χ0v) is 29.5. The first-order valence-corrected chi connectivity index (χ1v) is 17.1. The summed E-state index contributed by atoms with van der Waals surface area (Å²) < 4.78 is 35.1. The van der Waals surface area contributed by atoms with Gasteiger partial charge in [-0.15, -0.1) is 0 Å². The first-order chi connectivity index (χ1) is 19.1. The average Bonchev–Trinajstić information content (AvgIpc) is 3.05. The lowest BCUT2D eigenvalue weighted by atomic mass is 9.86. The molecular formula is C33H54IN3O3S. The molecule has 1 heterocycles. The van der Waals surface area contributed by atoms with Crippen LogP contribution in [0.4, 0.5) is 5.69 Å². The number of nitrogens with one attached hydrogen (secondary N) is 1. The second kappa shape index (κ2) is 15.9. The molecule has 41 heavy (non-hydrogen) atoms.